The molecule has 2 heteroatoms. The third kappa shape index (κ3) is 1.69. The average Bonchev–Trinajstić information content (AvgIpc) is 1.59. The molecule has 0 amide bonds. The van der Waals surface area contributed by atoms with Crippen molar-refractivity contribution < 1.29 is 5.11 Å². The predicted octanol–water partition coefficient (Wildman–Crippen LogP) is 1.20. The first-order valence-corrected chi connectivity index (χ1v) is 3.32. The summed E-state index contributed by atoms with van der Waals surface area (Å²) in [6.07, 6.45) is 0. The molecule has 0 bridgehead atoms. The molecule has 0 fully saturated rings. The van der Waals surface area contributed by atoms with Crippen LogP contribution in [0.3, 0.4) is 0 Å². The van der Waals surface area contributed by atoms with Crippen LogP contribution in [0.25, 0.3) is 0 Å². The van der Waals surface area contributed by atoms with Crippen molar-refractivity contribution in [3.8, 4) is 5.75 Å². The highest BCUT2D eigenvalue weighted by molar-refractivity contribution is 7.27. The smallest absolute Gasteiger partial charge is 0.116 e. The van der Waals surface area contributed by atoms with Crippen molar-refractivity contribution in [2.45, 2.75) is 6.92 Å². The topological polar surface area (TPSA) is 20.2 Å². The zero-order chi connectivity index (χ0) is 6.85. The maximum atomic E-state index is 8.98. The second kappa shape index (κ2) is 2.36. The Bertz CT molecular complexity index is 170. The van der Waals surface area contributed by atoms with Crippen LogP contribution in [-0.4, -0.2) is 5.11 Å². The molecule has 9 heavy (non-hydrogen) atoms. The third-order valence-electron chi connectivity index (χ3n) is 1.08. The minimum atomic E-state index is 0.333. The molecule has 1 unspecified atom stereocenters. The normalized spacial score (nSPS) is 9.56. The summed E-state index contributed by atoms with van der Waals surface area (Å²) in [5.74, 6) is 0.333. The van der Waals surface area contributed by atoms with Crippen molar-refractivity contribution in [2.24, 2.45) is 0 Å². The van der Waals surface area contributed by atoms with Crippen molar-refractivity contribution in [3.63, 3.8) is 0 Å². The van der Waals surface area contributed by atoms with Gasteiger partial charge < -0.3 is 5.11 Å². The first-order chi connectivity index (χ1) is 4.18. The standard InChI is InChI=1S/C7H9OP/c1-5-2-6(8)4-7(9)3-5/h2-4,8H,9H2,1H3. The number of benzene rings is 1. The van der Waals surface area contributed by atoms with Gasteiger partial charge in [-0.2, -0.15) is 0 Å². The van der Waals surface area contributed by atoms with Gasteiger partial charge >= 0.3 is 0 Å². The van der Waals surface area contributed by atoms with Gasteiger partial charge in [-0.25, -0.2) is 0 Å². The molecule has 0 spiro atoms. The van der Waals surface area contributed by atoms with E-state index in [1.165, 1.54) is 0 Å². The Morgan fingerprint density at radius 3 is 2.44 bits per heavy atom. The minimum absolute atomic E-state index is 0.333. The average molecular weight is 140 g/mol. The minimum Gasteiger partial charge on any atom is -0.508 e. The van der Waals surface area contributed by atoms with Crippen LogP contribution in [0.1, 0.15) is 5.56 Å². The summed E-state index contributed by atoms with van der Waals surface area (Å²) >= 11 is 0. The van der Waals surface area contributed by atoms with E-state index < -0.39 is 0 Å². The van der Waals surface area contributed by atoms with Crippen LogP contribution in [0.5, 0.6) is 5.75 Å². The van der Waals surface area contributed by atoms with Gasteiger partial charge in [-0.1, -0.05) is 6.07 Å². The number of hydrogen-bond donors (Lipinski definition) is 1. The molecule has 0 saturated carbocycles. The lowest BCUT2D eigenvalue weighted by Crippen LogP contribution is -1.88. The van der Waals surface area contributed by atoms with E-state index in [9.17, 15) is 0 Å². The lowest BCUT2D eigenvalue weighted by atomic mass is 10.2. The first-order valence-electron chi connectivity index (χ1n) is 2.74. The fourth-order valence-electron chi connectivity index (χ4n) is 0.792. The number of aryl methyl sites for hydroxylation is 1. The second-order valence-corrected chi connectivity index (χ2v) is 2.77. The van der Waals surface area contributed by atoms with Gasteiger partial charge in [0, 0.05) is 0 Å². The third-order valence-corrected chi connectivity index (χ3v) is 1.42. The number of rotatable bonds is 0. The van der Waals surface area contributed by atoms with Crippen LogP contribution in [0.15, 0.2) is 18.2 Å². The summed E-state index contributed by atoms with van der Waals surface area (Å²) in [5.41, 5.74) is 1.08. The highest BCUT2D eigenvalue weighted by atomic mass is 31.0. The molecule has 0 aliphatic carbocycles. The van der Waals surface area contributed by atoms with Gasteiger partial charge in [0.15, 0.2) is 0 Å². The van der Waals surface area contributed by atoms with Crippen LogP contribution in [0.4, 0.5) is 0 Å². The van der Waals surface area contributed by atoms with Crippen LogP contribution >= 0.6 is 9.24 Å². The molecule has 0 heterocycles. The summed E-state index contributed by atoms with van der Waals surface area (Å²) < 4.78 is 0. The Morgan fingerprint density at radius 2 is 2.00 bits per heavy atom. The number of hydrogen-bond acceptors (Lipinski definition) is 1. The van der Waals surface area contributed by atoms with Gasteiger partial charge in [-0.3, -0.25) is 0 Å². The van der Waals surface area contributed by atoms with E-state index in [1.54, 1.807) is 12.1 Å². The monoisotopic (exact) mass is 140 g/mol. The van der Waals surface area contributed by atoms with E-state index in [0.29, 0.717) is 5.75 Å². The molecule has 1 aromatic rings. The molecule has 0 aromatic heterocycles. The lowest BCUT2D eigenvalue weighted by molar-refractivity contribution is 0.475. The van der Waals surface area contributed by atoms with E-state index in [1.807, 2.05) is 13.0 Å². The molecule has 0 radical (unpaired) electrons. The van der Waals surface area contributed by atoms with Crippen LogP contribution in [0.2, 0.25) is 0 Å². The van der Waals surface area contributed by atoms with Crippen LogP contribution in [0, 0.1) is 6.92 Å². The van der Waals surface area contributed by atoms with E-state index >= 15 is 0 Å². The highest BCUT2D eigenvalue weighted by Crippen LogP contribution is 2.09. The van der Waals surface area contributed by atoms with Gasteiger partial charge in [0.25, 0.3) is 0 Å². The van der Waals surface area contributed by atoms with Crippen molar-refractivity contribution in [1.82, 2.24) is 0 Å². The molecular formula is C7H9OP. The van der Waals surface area contributed by atoms with Gasteiger partial charge in [0.05, 0.1) is 0 Å². The quantitative estimate of drug-likeness (QED) is 0.537. The van der Waals surface area contributed by atoms with E-state index in [-0.39, 0.29) is 0 Å². The zero-order valence-electron chi connectivity index (χ0n) is 5.26. The SMILES string of the molecule is Cc1cc(O)cc(P)c1. The van der Waals surface area contributed by atoms with Gasteiger partial charge in [-0.15, -0.1) is 9.24 Å². The van der Waals surface area contributed by atoms with Crippen LogP contribution in [-0.2, 0) is 0 Å². The van der Waals surface area contributed by atoms with E-state index in [4.69, 9.17) is 5.11 Å². The Balaban J connectivity index is 3.17. The molecule has 48 valence electrons. The van der Waals surface area contributed by atoms with Gasteiger partial charge in [0.1, 0.15) is 5.75 Å². The largest absolute Gasteiger partial charge is 0.508 e. The molecule has 0 aliphatic rings. The number of phenolic OH excluding ortho intramolecular Hbond substituents is 1. The summed E-state index contributed by atoms with van der Waals surface area (Å²) in [5, 5.41) is 10.0. The fraction of sp³-hybridized carbons (Fsp3) is 0.143. The van der Waals surface area contributed by atoms with E-state index in [0.717, 1.165) is 10.9 Å². The molecule has 1 nitrogen and oxygen atoms in total. The molecule has 1 atom stereocenters. The summed E-state index contributed by atoms with van der Waals surface area (Å²) in [6.45, 7) is 1.95. The highest BCUT2D eigenvalue weighted by Gasteiger charge is 1.89. The fourth-order valence-corrected chi connectivity index (χ4v) is 1.23. The van der Waals surface area contributed by atoms with Crippen LogP contribution < -0.4 is 5.30 Å². The molecule has 1 aromatic carbocycles. The molecular weight excluding hydrogens is 131 g/mol. The molecule has 1 N–H and O–H groups in total. The predicted molar refractivity (Wildman–Crippen MR) is 42.2 cm³/mol. The van der Waals surface area contributed by atoms with Gasteiger partial charge in [-0.05, 0) is 29.9 Å². The van der Waals surface area contributed by atoms with Crippen molar-refractivity contribution in [1.29, 1.82) is 0 Å². The maximum absolute atomic E-state index is 8.98. The number of aromatic hydroxyl groups is 1. The van der Waals surface area contributed by atoms with Crippen molar-refractivity contribution >= 4 is 14.5 Å². The summed E-state index contributed by atoms with van der Waals surface area (Å²) in [4.78, 5) is 0. The second-order valence-electron chi connectivity index (χ2n) is 2.10. The zero-order valence-corrected chi connectivity index (χ0v) is 6.41. The molecule has 0 aliphatic heterocycles. The molecule has 0 saturated heterocycles. The summed E-state index contributed by atoms with van der Waals surface area (Å²) in [7, 11) is 2.54. The van der Waals surface area contributed by atoms with Gasteiger partial charge in [0.2, 0.25) is 0 Å². The Labute approximate surface area is 56.9 Å². The first kappa shape index (κ1) is 6.57. The number of phenols is 1. The van der Waals surface area contributed by atoms with E-state index in [2.05, 4.69) is 9.24 Å². The lowest BCUT2D eigenvalue weighted by Gasteiger charge is -1.95. The van der Waals surface area contributed by atoms with Crippen molar-refractivity contribution in [3.05, 3.63) is 23.8 Å². The summed E-state index contributed by atoms with van der Waals surface area (Å²) in [6, 6.07) is 5.43. The van der Waals surface area contributed by atoms with Crippen molar-refractivity contribution in [2.75, 3.05) is 0 Å². The Kier molecular flexibility index (Phi) is 1.73. The molecule has 1 rings (SSSR count). The Hall–Kier alpha value is -0.550. The Morgan fingerprint density at radius 1 is 1.33 bits per heavy atom. The maximum Gasteiger partial charge on any atom is 0.116 e.